The molecule has 0 aliphatic heterocycles. The van der Waals surface area contributed by atoms with E-state index in [2.05, 4.69) is 160 Å². The molecular formula is C27H17I3. The van der Waals surface area contributed by atoms with E-state index in [1.54, 1.807) is 0 Å². The molecule has 0 saturated heterocycles. The van der Waals surface area contributed by atoms with Crippen LogP contribution in [-0.2, 0) is 5.41 Å². The van der Waals surface area contributed by atoms with Crippen LogP contribution in [0.3, 0.4) is 0 Å². The van der Waals surface area contributed by atoms with Gasteiger partial charge in [0.15, 0.2) is 0 Å². The Morgan fingerprint density at radius 1 is 0.667 bits per heavy atom. The molecule has 0 amide bonds. The van der Waals surface area contributed by atoms with Crippen molar-refractivity contribution in [3.05, 3.63) is 120 Å². The second-order valence-electron chi connectivity index (χ2n) is 8.30. The standard InChI is InChI=1S/C27H17I3/c1-26(30)12-10-18-19-14-24(28)25(29)15-23(19)27(22(18)11-13-26)20-8-4-2-6-16(20)17-7-3-5-9-21(17)27/h2-15H,1H3. The largest absolute Gasteiger partial charge is 0.0725 e. The molecule has 3 aliphatic carbocycles. The van der Waals surface area contributed by atoms with Crippen molar-refractivity contribution in [3.63, 3.8) is 0 Å². The first-order chi connectivity index (χ1) is 14.4. The minimum absolute atomic E-state index is 0.0114. The molecule has 1 atom stereocenters. The number of hydrogen-bond acceptors (Lipinski definition) is 0. The Hall–Kier alpha value is -0.930. The number of hydrogen-bond donors (Lipinski definition) is 0. The Bertz CT molecular complexity index is 1290. The first-order valence-electron chi connectivity index (χ1n) is 9.95. The zero-order valence-electron chi connectivity index (χ0n) is 16.2. The second-order valence-corrected chi connectivity index (χ2v) is 12.9. The predicted octanol–water partition coefficient (Wildman–Crippen LogP) is 8.30. The van der Waals surface area contributed by atoms with Gasteiger partial charge in [0, 0.05) is 7.14 Å². The van der Waals surface area contributed by atoms with Crippen LogP contribution >= 0.6 is 67.8 Å². The van der Waals surface area contributed by atoms with Crippen LogP contribution in [0.4, 0.5) is 0 Å². The van der Waals surface area contributed by atoms with E-state index in [1.165, 1.54) is 51.7 Å². The van der Waals surface area contributed by atoms with Crippen molar-refractivity contribution in [2.45, 2.75) is 15.8 Å². The molecule has 1 unspecified atom stereocenters. The summed E-state index contributed by atoms with van der Waals surface area (Å²) < 4.78 is 2.64. The van der Waals surface area contributed by atoms with E-state index in [1.807, 2.05) is 0 Å². The highest BCUT2D eigenvalue weighted by Crippen LogP contribution is 2.63. The number of allylic oxidation sites excluding steroid dienone is 6. The fraction of sp³-hybridized carbons (Fsp3) is 0.111. The highest BCUT2D eigenvalue weighted by Gasteiger charge is 2.52. The molecule has 3 aromatic rings. The van der Waals surface area contributed by atoms with Crippen molar-refractivity contribution in [1.82, 2.24) is 0 Å². The van der Waals surface area contributed by atoms with Crippen molar-refractivity contribution in [2.75, 3.05) is 0 Å². The van der Waals surface area contributed by atoms with Crippen LogP contribution in [0, 0.1) is 7.14 Å². The number of halogens is 3. The maximum Gasteiger partial charge on any atom is 0.0725 e. The zero-order valence-corrected chi connectivity index (χ0v) is 22.7. The third-order valence-corrected chi connectivity index (χ3v) is 10.1. The molecule has 0 radical (unpaired) electrons. The van der Waals surface area contributed by atoms with Gasteiger partial charge in [0.2, 0.25) is 0 Å². The summed E-state index contributed by atoms with van der Waals surface area (Å²) in [5, 5.41) is 0. The summed E-state index contributed by atoms with van der Waals surface area (Å²) in [5.41, 5.74) is 10.8. The fourth-order valence-electron chi connectivity index (χ4n) is 5.33. The molecular weight excluding hydrogens is 705 g/mol. The Morgan fingerprint density at radius 2 is 1.23 bits per heavy atom. The van der Waals surface area contributed by atoms with Crippen LogP contribution in [0.15, 0.2) is 90.5 Å². The Kier molecular flexibility index (Phi) is 4.46. The predicted molar refractivity (Wildman–Crippen MR) is 151 cm³/mol. The lowest BCUT2D eigenvalue weighted by molar-refractivity contribution is 0.784. The third-order valence-electron chi connectivity index (χ3n) is 6.55. The molecule has 6 rings (SSSR count). The monoisotopic (exact) mass is 722 g/mol. The summed E-state index contributed by atoms with van der Waals surface area (Å²) in [6.07, 6.45) is 9.47. The Balaban J connectivity index is 1.82. The van der Waals surface area contributed by atoms with Crippen molar-refractivity contribution in [2.24, 2.45) is 0 Å². The molecule has 0 aromatic heterocycles. The molecule has 0 fully saturated rings. The fourth-order valence-corrected chi connectivity index (χ4v) is 6.62. The summed E-state index contributed by atoms with van der Waals surface area (Å²) in [7, 11) is 0. The molecule has 0 nitrogen and oxygen atoms in total. The van der Waals surface area contributed by atoms with Gasteiger partial charge in [-0.05, 0) is 109 Å². The molecule has 0 saturated carbocycles. The number of alkyl halides is 1. The topological polar surface area (TPSA) is 0 Å². The molecule has 30 heavy (non-hydrogen) atoms. The lowest BCUT2D eigenvalue weighted by atomic mass is 9.69. The van der Waals surface area contributed by atoms with E-state index in [4.69, 9.17) is 0 Å². The summed E-state index contributed by atoms with van der Waals surface area (Å²) in [5.74, 6) is 0. The lowest BCUT2D eigenvalue weighted by Crippen LogP contribution is -2.27. The van der Waals surface area contributed by atoms with E-state index >= 15 is 0 Å². The van der Waals surface area contributed by atoms with Crippen LogP contribution < -0.4 is 0 Å². The molecule has 3 aliphatic rings. The number of benzene rings is 3. The molecule has 0 N–H and O–H groups in total. The van der Waals surface area contributed by atoms with E-state index in [9.17, 15) is 0 Å². The quantitative estimate of drug-likeness (QED) is 0.162. The summed E-state index contributed by atoms with van der Waals surface area (Å²) >= 11 is 7.50. The van der Waals surface area contributed by atoms with E-state index < -0.39 is 0 Å². The van der Waals surface area contributed by atoms with Crippen molar-refractivity contribution in [3.8, 4) is 11.1 Å². The van der Waals surface area contributed by atoms with Gasteiger partial charge in [-0.15, -0.1) is 0 Å². The van der Waals surface area contributed by atoms with E-state index in [-0.39, 0.29) is 8.84 Å². The maximum atomic E-state index is 2.54. The summed E-state index contributed by atoms with van der Waals surface area (Å²) in [4.78, 5) is 0. The van der Waals surface area contributed by atoms with Crippen LogP contribution in [0.25, 0.3) is 16.7 Å². The van der Waals surface area contributed by atoms with Gasteiger partial charge in [-0.3, -0.25) is 0 Å². The van der Waals surface area contributed by atoms with Gasteiger partial charge in [-0.2, -0.15) is 0 Å². The van der Waals surface area contributed by atoms with Gasteiger partial charge in [-0.25, -0.2) is 0 Å². The lowest BCUT2D eigenvalue weighted by Gasteiger charge is -2.32. The molecule has 3 aromatic carbocycles. The van der Waals surface area contributed by atoms with E-state index in [0.29, 0.717) is 0 Å². The van der Waals surface area contributed by atoms with Crippen molar-refractivity contribution < 1.29 is 0 Å². The average Bonchev–Trinajstić information content (AvgIpc) is 3.10. The Labute approximate surface area is 218 Å². The normalized spacial score (nSPS) is 22.0. The highest BCUT2D eigenvalue weighted by molar-refractivity contribution is 14.1. The smallest absolute Gasteiger partial charge is 0.0700 e. The third kappa shape index (κ3) is 2.54. The van der Waals surface area contributed by atoms with Crippen LogP contribution in [-0.4, -0.2) is 3.42 Å². The number of rotatable bonds is 0. The van der Waals surface area contributed by atoms with Gasteiger partial charge < -0.3 is 0 Å². The van der Waals surface area contributed by atoms with Gasteiger partial charge in [0.05, 0.1) is 8.84 Å². The minimum atomic E-state index is -0.250. The first-order valence-corrected chi connectivity index (χ1v) is 13.2. The average molecular weight is 722 g/mol. The van der Waals surface area contributed by atoms with Gasteiger partial charge in [0.1, 0.15) is 0 Å². The van der Waals surface area contributed by atoms with Crippen molar-refractivity contribution >= 4 is 73.3 Å². The molecule has 146 valence electrons. The van der Waals surface area contributed by atoms with Crippen LogP contribution in [0.5, 0.6) is 0 Å². The first kappa shape index (κ1) is 19.7. The molecule has 3 heteroatoms. The highest BCUT2D eigenvalue weighted by atomic mass is 127. The maximum absolute atomic E-state index is 2.54. The van der Waals surface area contributed by atoms with Crippen LogP contribution in [0.1, 0.15) is 29.2 Å². The molecule has 1 spiro atoms. The SMILES string of the molecule is CC1(I)C=CC2=C(C=C1)C1(c3cc(I)c(I)cc32)c2ccccc2-c2ccccc21. The van der Waals surface area contributed by atoms with E-state index in [0.717, 1.165) is 0 Å². The second kappa shape index (κ2) is 6.78. The summed E-state index contributed by atoms with van der Waals surface area (Å²) in [6.45, 7) is 2.27. The molecule has 0 bridgehead atoms. The van der Waals surface area contributed by atoms with Gasteiger partial charge >= 0.3 is 0 Å². The zero-order chi connectivity index (χ0) is 20.7. The van der Waals surface area contributed by atoms with Crippen molar-refractivity contribution in [1.29, 1.82) is 0 Å². The Morgan fingerprint density at radius 3 is 1.90 bits per heavy atom. The number of fused-ring (bicyclic) bond motifs is 9. The minimum Gasteiger partial charge on any atom is -0.0700 e. The van der Waals surface area contributed by atoms with Gasteiger partial charge in [0.25, 0.3) is 0 Å². The van der Waals surface area contributed by atoms with Crippen LogP contribution in [0.2, 0.25) is 0 Å². The molecule has 0 heterocycles. The summed E-state index contributed by atoms with van der Waals surface area (Å²) in [6, 6.07) is 22.8. The van der Waals surface area contributed by atoms with Gasteiger partial charge in [-0.1, -0.05) is 95.4 Å².